The molecule has 0 bridgehead atoms. The molecule has 1 atom stereocenters. The number of hydrogen-bond donors (Lipinski definition) is 1. The van der Waals surface area contributed by atoms with Crippen LogP contribution in [0.25, 0.3) is 0 Å². The van der Waals surface area contributed by atoms with E-state index in [2.05, 4.69) is 42.6 Å². The maximum atomic E-state index is 12.0. The van der Waals surface area contributed by atoms with Crippen molar-refractivity contribution < 1.29 is 4.79 Å². The largest absolute Gasteiger partial charge is 0.352 e. The second-order valence-corrected chi connectivity index (χ2v) is 7.08. The minimum atomic E-state index is 0.233. The van der Waals surface area contributed by atoms with E-state index < -0.39 is 0 Å². The molecule has 1 amide bonds. The van der Waals surface area contributed by atoms with Crippen LogP contribution in [-0.2, 0) is 11.2 Å². The molecule has 1 aliphatic carbocycles. The Balaban J connectivity index is 1.70. The maximum Gasteiger partial charge on any atom is 0.220 e. The van der Waals surface area contributed by atoms with Crippen LogP contribution < -0.4 is 5.32 Å². The molecular formula is C19H27NO. The molecule has 1 spiro atoms. The summed E-state index contributed by atoms with van der Waals surface area (Å²) in [5, 5.41) is 3.27. The lowest BCUT2D eigenvalue weighted by atomic mass is 9.64. The lowest BCUT2D eigenvalue weighted by molar-refractivity contribution is -0.119. The smallest absolute Gasteiger partial charge is 0.220 e. The molecule has 114 valence electrons. The van der Waals surface area contributed by atoms with E-state index in [-0.39, 0.29) is 11.3 Å². The summed E-state index contributed by atoms with van der Waals surface area (Å²) in [7, 11) is 0. The van der Waals surface area contributed by atoms with E-state index in [0.29, 0.717) is 6.04 Å². The first-order chi connectivity index (χ1) is 10.2. The Morgan fingerprint density at radius 2 is 1.90 bits per heavy atom. The third-order valence-electron chi connectivity index (χ3n) is 5.67. The minimum Gasteiger partial charge on any atom is -0.352 e. The van der Waals surface area contributed by atoms with Crippen molar-refractivity contribution in [1.82, 2.24) is 5.32 Å². The Morgan fingerprint density at radius 1 is 1.19 bits per heavy atom. The molecule has 0 radical (unpaired) electrons. The highest BCUT2D eigenvalue weighted by Crippen LogP contribution is 2.48. The summed E-state index contributed by atoms with van der Waals surface area (Å²) in [4.78, 5) is 12.0. The van der Waals surface area contributed by atoms with Gasteiger partial charge in [-0.15, -0.1) is 0 Å². The van der Waals surface area contributed by atoms with Gasteiger partial charge in [-0.1, -0.05) is 50.1 Å². The van der Waals surface area contributed by atoms with Gasteiger partial charge in [0.1, 0.15) is 0 Å². The number of rotatable bonds is 4. The van der Waals surface area contributed by atoms with Crippen LogP contribution in [0.2, 0.25) is 0 Å². The van der Waals surface area contributed by atoms with E-state index in [1.807, 2.05) is 0 Å². The molecule has 3 rings (SSSR count). The molecule has 2 nitrogen and oxygen atoms in total. The Bertz CT molecular complexity index is 474. The average Bonchev–Trinajstić information content (AvgIpc) is 2.79. The zero-order chi connectivity index (χ0) is 14.7. The predicted octanol–water partition coefficient (Wildman–Crippen LogP) is 4.09. The number of carbonyl (C=O) groups is 1. The number of hydrogen-bond acceptors (Lipinski definition) is 1. The quantitative estimate of drug-likeness (QED) is 0.887. The maximum absolute atomic E-state index is 12.0. The molecular weight excluding hydrogens is 258 g/mol. The van der Waals surface area contributed by atoms with E-state index >= 15 is 0 Å². The third-order valence-corrected chi connectivity index (χ3v) is 5.67. The van der Waals surface area contributed by atoms with E-state index in [4.69, 9.17) is 0 Å². The molecule has 1 N–H and O–H groups in total. The summed E-state index contributed by atoms with van der Waals surface area (Å²) in [5.74, 6) is 1.17. The van der Waals surface area contributed by atoms with Crippen molar-refractivity contribution in [2.75, 3.05) is 0 Å². The van der Waals surface area contributed by atoms with Crippen LogP contribution in [0.5, 0.6) is 0 Å². The van der Waals surface area contributed by atoms with Crippen LogP contribution in [0.3, 0.4) is 0 Å². The molecule has 2 fully saturated rings. The van der Waals surface area contributed by atoms with E-state index in [1.165, 1.54) is 44.1 Å². The molecule has 2 aliphatic rings. The van der Waals surface area contributed by atoms with Crippen LogP contribution in [0.1, 0.15) is 57.4 Å². The van der Waals surface area contributed by atoms with Gasteiger partial charge in [0.25, 0.3) is 0 Å². The van der Waals surface area contributed by atoms with Gasteiger partial charge in [0.15, 0.2) is 0 Å². The molecule has 0 aromatic heterocycles. The van der Waals surface area contributed by atoms with Gasteiger partial charge < -0.3 is 5.32 Å². The molecule has 1 saturated heterocycles. The topological polar surface area (TPSA) is 29.1 Å². The van der Waals surface area contributed by atoms with Crippen LogP contribution >= 0.6 is 0 Å². The van der Waals surface area contributed by atoms with Gasteiger partial charge in [0.2, 0.25) is 5.91 Å². The van der Waals surface area contributed by atoms with E-state index in [1.54, 1.807) is 0 Å². The summed E-state index contributed by atoms with van der Waals surface area (Å²) >= 11 is 0. The number of carbonyl (C=O) groups excluding carboxylic acids is 1. The standard InChI is InChI=1S/C19H27NO/c1-2-6-15-9-11-19(12-10-15)14-18(21)20-17(19)13-16-7-4-3-5-8-16/h3-5,7-8,15,17H,2,6,9-14H2,1H3,(H,20,21). The first-order valence-electron chi connectivity index (χ1n) is 8.55. The van der Waals surface area contributed by atoms with Gasteiger partial charge in [-0.05, 0) is 49.0 Å². The number of benzene rings is 1. The molecule has 1 aromatic carbocycles. The Labute approximate surface area is 128 Å². The zero-order valence-corrected chi connectivity index (χ0v) is 13.1. The number of amides is 1. The predicted molar refractivity (Wildman–Crippen MR) is 86.0 cm³/mol. The van der Waals surface area contributed by atoms with Crippen molar-refractivity contribution in [1.29, 1.82) is 0 Å². The fourth-order valence-corrected chi connectivity index (χ4v) is 4.43. The zero-order valence-electron chi connectivity index (χ0n) is 13.1. The van der Waals surface area contributed by atoms with Crippen molar-refractivity contribution in [3.63, 3.8) is 0 Å². The Hall–Kier alpha value is -1.31. The fourth-order valence-electron chi connectivity index (χ4n) is 4.43. The molecule has 1 heterocycles. The minimum absolute atomic E-state index is 0.233. The van der Waals surface area contributed by atoms with Crippen molar-refractivity contribution in [3.05, 3.63) is 35.9 Å². The second-order valence-electron chi connectivity index (χ2n) is 7.08. The van der Waals surface area contributed by atoms with Gasteiger partial charge in [0.05, 0.1) is 0 Å². The lowest BCUT2D eigenvalue weighted by Gasteiger charge is -2.40. The SMILES string of the molecule is CCCC1CCC2(CC1)CC(=O)NC2Cc1ccccc1. The normalized spacial score (nSPS) is 32.3. The monoisotopic (exact) mass is 285 g/mol. The third kappa shape index (κ3) is 3.14. The Morgan fingerprint density at radius 3 is 2.57 bits per heavy atom. The van der Waals surface area contributed by atoms with E-state index in [9.17, 15) is 4.79 Å². The lowest BCUT2D eigenvalue weighted by Crippen LogP contribution is -2.41. The average molecular weight is 285 g/mol. The molecule has 1 aliphatic heterocycles. The van der Waals surface area contributed by atoms with Crippen molar-refractivity contribution in [2.45, 2.75) is 64.3 Å². The Kier molecular flexibility index (Phi) is 4.32. The van der Waals surface area contributed by atoms with Crippen LogP contribution in [0, 0.1) is 11.3 Å². The molecule has 21 heavy (non-hydrogen) atoms. The molecule has 2 heteroatoms. The summed E-state index contributed by atoms with van der Waals surface area (Å²) in [6, 6.07) is 11.0. The highest BCUT2D eigenvalue weighted by molar-refractivity contribution is 5.80. The summed E-state index contributed by atoms with van der Waals surface area (Å²) < 4.78 is 0. The van der Waals surface area contributed by atoms with Crippen LogP contribution in [0.15, 0.2) is 30.3 Å². The number of nitrogens with one attached hydrogen (secondary N) is 1. The molecule has 1 saturated carbocycles. The summed E-state index contributed by atoms with van der Waals surface area (Å²) in [5.41, 5.74) is 1.58. The van der Waals surface area contributed by atoms with Gasteiger partial charge >= 0.3 is 0 Å². The van der Waals surface area contributed by atoms with Gasteiger partial charge in [-0.2, -0.15) is 0 Å². The van der Waals surface area contributed by atoms with Crippen molar-refractivity contribution in [3.8, 4) is 0 Å². The summed E-state index contributed by atoms with van der Waals surface area (Å²) in [6.07, 6.45) is 9.49. The highest BCUT2D eigenvalue weighted by atomic mass is 16.2. The molecule has 1 aromatic rings. The fraction of sp³-hybridized carbons (Fsp3) is 0.632. The van der Waals surface area contributed by atoms with E-state index in [0.717, 1.165) is 18.8 Å². The first-order valence-corrected chi connectivity index (χ1v) is 8.55. The van der Waals surface area contributed by atoms with Gasteiger partial charge in [0, 0.05) is 12.5 Å². The van der Waals surface area contributed by atoms with Gasteiger partial charge in [-0.3, -0.25) is 4.79 Å². The molecule has 1 unspecified atom stereocenters. The van der Waals surface area contributed by atoms with Gasteiger partial charge in [-0.25, -0.2) is 0 Å². The second kappa shape index (κ2) is 6.21. The van der Waals surface area contributed by atoms with Crippen molar-refractivity contribution in [2.24, 2.45) is 11.3 Å². The van der Waals surface area contributed by atoms with Crippen LogP contribution in [0.4, 0.5) is 0 Å². The van der Waals surface area contributed by atoms with Crippen molar-refractivity contribution >= 4 is 5.91 Å². The van der Waals surface area contributed by atoms with Crippen LogP contribution in [-0.4, -0.2) is 11.9 Å². The first kappa shape index (κ1) is 14.6. The summed E-state index contributed by atoms with van der Waals surface area (Å²) in [6.45, 7) is 2.28. The highest BCUT2D eigenvalue weighted by Gasteiger charge is 2.48.